The first-order valence-electron chi connectivity index (χ1n) is 6.32. The molecule has 2 rings (SSSR count). The molecule has 0 bridgehead atoms. The molecule has 7 heteroatoms. The van der Waals surface area contributed by atoms with Crippen molar-refractivity contribution in [2.24, 2.45) is 11.1 Å². The number of amides is 2. The first-order valence-corrected chi connectivity index (χ1v) is 6.32. The summed E-state index contributed by atoms with van der Waals surface area (Å²) in [6.07, 6.45) is 4.75. The van der Waals surface area contributed by atoms with E-state index in [9.17, 15) is 9.59 Å². The van der Waals surface area contributed by atoms with E-state index in [0.29, 0.717) is 5.69 Å². The summed E-state index contributed by atoms with van der Waals surface area (Å²) in [5.41, 5.74) is 5.32. The first kappa shape index (κ1) is 13.5. The van der Waals surface area contributed by atoms with E-state index < -0.39 is 5.91 Å². The van der Waals surface area contributed by atoms with Crippen molar-refractivity contribution in [1.29, 1.82) is 0 Å². The Bertz CT molecular complexity index is 476. The summed E-state index contributed by atoms with van der Waals surface area (Å²) < 4.78 is 1.41. The van der Waals surface area contributed by atoms with Gasteiger partial charge in [-0.3, -0.25) is 14.3 Å². The van der Waals surface area contributed by atoms with Crippen molar-refractivity contribution in [3.63, 3.8) is 0 Å². The molecular weight excluding hydrogens is 246 g/mol. The molecule has 104 valence electrons. The van der Waals surface area contributed by atoms with Crippen LogP contribution in [0.5, 0.6) is 0 Å². The molecule has 0 saturated carbocycles. The van der Waals surface area contributed by atoms with Gasteiger partial charge in [-0.2, -0.15) is 5.10 Å². The monoisotopic (exact) mass is 265 g/mol. The van der Waals surface area contributed by atoms with Gasteiger partial charge in [-0.1, -0.05) is 6.92 Å². The Balaban J connectivity index is 1.98. The van der Waals surface area contributed by atoms with Crippen LogP contribution in [0.2, 0.25) is 0 Å². The fourth-order valence-corrected chi connectivity index (χ4v) is 2.16. The third-order valence-electron chi connectivity index (χ3n) is 3.46. The molecule has 2 heterocycles. The minimum atomic E-state index is -0.466. The molecule has 7 nitrogen and oxygen atoms in total. The Kier molecular flexibility index (Phi) is 3.84. The minimum absolute atomic E-state index is 0.00683. The average Bonchev–Trinajstić information content (AvgIpc) is 2.76. The van der Waals surface area contributed by atoms with Crippen LogP contribution in [0.1, 0.15) is 19.8 Å². The maximum absolute atomic E-state index is 12.3. The number of nitrogens with zero attached hydrogens (tertiary/aromatic N) is 2. The number of aromatic nitrogens is 2. The van der Waals surface area contributed by atoms with E-state index >= 15 is 0 Å². The Morgan fingerprint density at radius 2 is 2.21 bits per heavy atom. The number of rotatable bonds is 4. The van der Waals surface area contributed by atoms with E-state index in [1.54, 1.807) is 6.20 Å². The van der Waals surface area contributed by atoms with Crippen LogP contribution in [0.4, 0.5) is 5.69 Å². The Labute approximate surface area is 111 Å². The maximum atomic E-state index is 12.3. The first-order chi connectivity index (χ1) is 8.99. The summed E-state index contributed by atoms with van der Waals surface area (Å²) in [5, 5.41) is 10.0. The molecule has 0 radical (unpaired) electrons. The second-order valence-electron chi connectivity index (χ2n) is 5.16. The molecule has 0 aliphatic carbocycles. The predicted octanol–water partition coefficient (Wildman–Crippen LogP) is -0.303. The van der Waals surface area contributed by atoms with Crippen molar-refractivity contribution in [3.05, 3.63) is 12.4 Å². The Morgan fingerprint density at radius 1 is 1.53 bits per heavy atom. The van der Waals surface area contributed by atoms with Crippen molar-refractivity contribution in [1.82, 2.24) is 15.1 Å². The quantitative estimate of drug-likeness (QED) is 0.695. The van der Waals surface area contributed by atoms with Crippen molar-refractivity contribution < 1.29 is 9.59 Å². The lowest BCUT2D eigenvalue weighted by molar-refractivity contribution is -0.126. The fourth-order valence-electron chi connectivity index (χ4n) is 2.16. The zero-order valence-corrected chi connectivity index (χ0v) is 11.0. The summed E-state index contributed by atoms with van der Waals surface area (Å²) in [7, 11) is 0. The predicted molar refractivity (Wildman–Crippen MR) is 70.3 cm³/mol. The highest BCUT2D eigenvalue weighted by Gasteiger charge is 2.34. The average molecular weight is 265 g/mol. The van der Waals surface area contributed by atoms with Crippen molar-refractivity contribution in [3.8, 4) is 0 Å². The lowest BCUT2D eigenvalue weighted by atomic mass is 9.80. The largest absolute Gasteiger partial charge is 0.368 e. The molecule has 1 aromatic heterocycles. The molecule has 0 spiro atoms. The number of nitrogens with one attached hydrogen (secondary N) is 2. The number of hydrogen-bond acceptors (Lipinski definition) is 4. The van der Waals surface area contributed by atoms with Gasteiger partial charge in [0.15, 0.2) is 0 Å². The molecule has 0 aromatic carbocycles. The van der Waals surface area contributed by atoms with Crippen molar-refractivity contribution in [2.45, 2.75) is 26.3 Å². The van der Waals surface area contributed by atoms with Gasteiger partial charge >= 0.3 is 0 Å². The van der Waals surface area contributed by atoms with Crippen LogP contribution in [0.25, 0.3) is 0 Å². The minimum Gasteiger partial charge on any atom is -0.368 e. The van der Waals surface area contributed by atoms with Gasteiger partial charge in [0.25, 0.3) is 0 Å². The van der Waals surface area contributed by atoms with Gasteiger partial charge in [0.05, 0.1) is 11.9 Å². The molecule has 1 aromatic rings. The highest BCUT2D eigenvalue weighted by atomic mass is 16.2. The highest BCUT2D eigenvalue weighted by Crippen LogP contribution is 2.29. The summed E-state index contributed by atoms with van der Waals surface area (Å²) in [4.78, 5) is 23.0. The number of carbonyl (C=O) groups excluding carboxylic acids is 2. The molecule has 2 amide bonds. The molecule has 4 N–H and O–H groups in total. The normalized spacial score (nSPS) is 17.9. The van der Waals surface area contributed by atoms with E-state index in [1.807, 2.05) is 6.92 Å². The van der Waals surface area contributed by atoms with Crippen LogP contribution in [0, 0.1) is 5.41 Å². The van der Waals surface area contributed by atoms with Crippen LogP contribution in [-0.4, -0.2) is 34.7 Å². The number of piperidine rings is 1. The Morgan fingerprint density at radius 3 is 2.84 bits per heavy atom. The molecular formula is C12H19N5O2. The molecule has 1 saturated heterocycles. The van der Waals surface area contributed by atoms with Gasteiger partial charge in [0, 0.05) is 11.6 Å². The third kappa shape index (κ3) is 3.31. The van der Waals surface area contributed by atoms with Gasteiger partial charge in [-0.15, -0.1) is 0 Å². The van der Waals surface area contributed by atoms with E-state index in [0.717, 1.165) is 25.9 Å². The topological polar surface area (TPSA) is 102 Å². The number of hydrogen-bond donors (Lipinski definition) is 3. The van der Waals surface area contributed by atoms with Gasteiger partial charge < -0.3 is 16.4 Å². The smallest absolute Gasteiger partial charge is 0.239 e. The van der Waals surface area contributed by atoms with E-state index in [2.05, 4.69) is 15.7 Å². The van der Waals surface area contributed by atoms with Crippen LogP contribution < -0.4 is 16.4 Å². The summed E-state index contributed by atoms with van der Waals surface area (Å²) >= 11 is 0. The number of anilines is 1. The molecule has 0 unspecified atom stereocenters. The number of primary amides is 1. The van der Waals surface area contributed by atoms with Crippen molar-refractivity contribution in [2.75, 3.05) is 18.4 Å². The van der Waals surface area contributed by atoms with Crippen LogP contribution in [-0.2, 0) is 16.1 Å². The zero-order chi connectivity index (χ0) is 13.9. The molecule has 1 aliphatic heterocycles. The van der Waals surface area contributed by atoms with Crippen LogP contribution in [0.15, 0.2) is 12.4 Å². The second-order valence-corrected chi connectivity index (χ2v) is 5.16. The maximum Gasteiger partial charge on any atom is 0.239 e. The zero-order valence-electron chi connectivity index (χ0n) is 11.0. The van der Waals surface area contributed by atoms with Gasteiger partial charge in [0.2, 0.25) is 11.8 Å². The molecule has 1 fully saturated rings. The Hall–Kier alpha value is -1.89. The van der Waals surface area contributed by atoms with Crippen molar-refractivity contribution >= 4 is 17.5 Å². The summed E-state index contributed by atoms with van der Waals surface area (Å²) in [6, 6.07) is 0. The standard InChI is InChI=1S/C12H19N5O2/c1-12(2-4-14-5-3-12)11(19)16-9-6-15-17(7-9)8-10(13)18/h6-7,14H,2-5,8H2,1H3,(H2,13,18)(H,16,19). The van der Waals surface area contributed by atoms with Crippen LogP contribution in [0.3, 0.4) is 0 Å². The lowest BCUT2D eigenvalue weighted by Crippen LogP contribution is -2.42. The van der Waals surface area contributed by atoms with Gasteiger partial charge in [0.1, 0.15) is 6.54 Å². The van der Waals surface area contributed by atoms with E-state index in [4.69, 9.17) is 5.73 Å². The summed E-state index contributed by atoms with van der Waals surface area (Å²) in [6.45, 7) is 3.68. The van der Waals surface area contributed by atoms with Gasteiger partial charge in [-0.25, -0.2) is 0 Å². The SMILES string of the molecule is CC1(C(=O)Nc2cnn(CC(N)=O)c2)CCNCC1. The highest BCUT2D eigenvalue weighted by molar-refractivity contribution is 5.95. The lowest BCUT2D eigenvalue weighted by Gasteiger charge is -2.32. The van der Waals surface area contributed by atoms with Gasteiger partial charge in [-0.05, 0) is 25.9 Å². The summed E-state index contributed by atoms with van der Waals surface area (Å²) in [5.74, 6) is -0.473. The molecule has 0 atom stereocenters. The number of carbonyl (C=O) groups is 2. The van der Waals surface area contributed by atoms with E-state index in [-0.39, 0.29) is 17.9 Å². The fraction of sp³-hybridized carbons (Fsp3) is 0.583. The molecule has 19 heavy (non-hydrogen) atoms. The molecule has 1 aliphatic rings. The van der Waals surface area contributed by atoms with Crippen LogP contribution >= 0.6 is 0 Å². The number of nitrogens with two attached hydrogens (primary N) is 1. The second kappa shape index (κ2) is 5.40. The van der Waals surface area contributed by atoms with E-state index in [1.165, 1.54) is 10.9 Å². The third-order valence-corrected chi connectivity index (χ3v) is 3.46.